The maximum atomic E-state index is 10.2. The largest absolute Gasteiger partial charge is 0.481 e. The number of carbonyl (C=O) groups excluding carboxylic acids is 1. The van der Waals surface area contributed by atoms with E-state index in [-0.39, 0.29) is 0 Å². The number of carboxylic acid groups (broad SMARTS) is 1. The van der Waals surface area contributed by atoms with Crippen molar-refractivity contribution >= 4 is 12.3 Å². The van der Waals surface area contributed by atoms with Crippen molar-refractivity contribution in [2.24, 2.45) is 0 Å². The number of hydrogen-bond donors (Lipinski definition) is 1. The van der Waals surface area contributed by atoms with E-state index in [2.05, 4.69) is 0 Å². The summed E-state index contributed by atoms with van der Waals surface area (Å²) >= 11 is 0. The van der Waals surface area contributed by atoms with Crippen molar-refractivity contribution < 1.29 is 14.7 Å². The molecule has 3 nitrogen and oxygen atoms in total. The lowest BCUT2D eigenvalue weighted by atomic mass is 10.1. The summed E-state index contributed by atoms with van der Waals surface area (Å²) in [5, 5.41) is 8.40. The van der Waals surface area contributed by atoms with Gasteiger partial charge in [0.1, 0.15) is 6.29 Å². The number of aldehydes is 1. The Labute approximate surface area is 91.2 Å². The summed E-state index contributed by atoms with van der Waals surface area (Å²) < 4.78 is 0. The van der Waals surface area contributed by atoms with E-state index >= 15 is 0 Å². The maximum absolute atomic E-state index is 10.2. The van der Waals surface area contributed by atoms with Crippen LogP contribution in [0.15, 0.2) is 12.2 Å². The molecule has 0 bridgehead atoms. The van der Waals surface area contributed by atoms with Crippen LogP contribution in [0.1, 0.15) is 51.4 Å². The topological polar surface area (TPSA) is 54.4 Å². The van der Waals surface area contributed by atoms with E-state index in [1.54, 1.807) is 0 Å². The number of allylic oxidation sites excluding steroid dienone is 2. The van der Waals surface area contributed by atoms with Crippen molar-refractivity contribution in [3.8, 4) is 0 Å². The van der Waals surface area contributed by atoms with E-state index in [4.69, 9.17) is 5.11 Å². The lowest BCUT2D eigenvalue weighted by Crippen LogP contribution is -1.93. The van der Waals surface area contributed by atoms with Crippen molar-refractivity contribution in [3.05, 3.63) is 12.2 Å². The van der Waals surface area contributed by atoms with E-state index in [1.807, 2.05) is 6.08 Å². The summed E-state index contributed by atoms with van der Waals surface area (Å²) in [4.78, 5) is 20.1. The summed E-state index contributed by atoms with van der Waals surface area (Å²) in [6.07, 6.45) is 11.8. The fourth-order valence-corrected chi connectivity index (χ4v) is 1.40. The third kappa shape index (κ3) is 12.9. The normalized spacial score (nSPS) is 10.7. The average molecular weight is 212 g/mol. The van der Waals surface area contributed by atoms with Crippen LogP contribution >= 0.6 is 0 Å². The molecule has 0 heterocycles. The Morgan fingerprint density at radius 1 is 1.00 bits per heavy atom. The molecule has 0 aliphatic heterocycles. The number of hydrogen-bond acceptors (Lipinski definition) is 2. The molecule has 0 aliphatic carbocycles. The molecule has 0 amide bonds. The van der Waals surface area contributed by atoms with Gasteiger partial charge in [-0.3, -0.25) is 9.59 Å². The molecule has 0 aromatic heterocycles. The average Bonchev–Trinajstić information content (AvgIpc) is 2.20. The SMILES string of the molecule is O=CC=CCCCCCCCCC(=O)O. The van der Waals surface area contributed by atoms with E-state index in [1.165, 1.54) is 6.08 Å². The standard InChI is InChI=1S/C12H20O3/c13-11-9-7-5-3-1-2-4-6-8-10-12(14)15/h7,9,11H,1-6,8,10H2,(H,14,15). The minimum absolute atomic E-state index is 0.294. The van der Waals surface area contributed by atoms with Gasteiger partial charge in [0.15, 0.2) is 0 Å². The molecule has 0 saturated heterocycles. The van der Waals surface area contributed by atoms with Crippen LogP contribution in [-0.4, -0.2) is 17.4 Å². The maximum Gasteiger partial charge on any atom is 0.303 e. The van der Waals surface area contributed by atoms with E-state index in [0.717, 1.165) is 51.2 Å². The second-order valence-corrected chi connectivity index (χ2v) is 3.62. The fourth-order valence-electron chi connectivity index (χ4n) is 1.40. The molecule has 3 heteroatoms. The second kappa shape index (κ2) is 11.0. The van der Waals surface area contributed by atoms with Gasteiger partial charge in [-0.1, -0.05) is 31.8 Å². The number of rotatable bonds is 10. The van der Waals surface area contributed by atoms with Gasteiger partial charge in [0.25, 0.3) is 0 Å². The molecule has 0 aliphatic rings. The van der Waals surface area contributed by atoms with Crippen LogP contribution < -0.4 is 0 Å². The Balaban J connectivity index is 3.01. The molecule has 0 fully saturated rings. The van der Waals surface area contributed by atoms with E-state index in [0.29, 0.717) is 6.42 Å². The first kappa shape index (κ1) is 13.9. The van der Waals surface area contributed by atoms with Crippen molar-refractivity contribution in [2.75, 3.05) is 0 Å². The predicted molar refractivity (Wildman–Crippen MR) is 59.8 cm³/mol. The first-order chi connectivity index (χ1) is 7.27. The smallest absolute Gasteiger partial charge is 0.303 e. The first-order valence-electron chi connectivity index (χ1n) is 5.59. The Bertz CT molecular complexity index is 197. The molecule has 15 heavy (non-hydrogen) atoms. The van der Waals surface area contributed by atoms with Gasteiger partial charge in [-0.15, -0.1) is 0 Å². The van der Waals surface area contributed by atoms with Crippen molar-refractivity contribution in [2.45, 2.75) is 51.4 Å². The lowest BCUT2D eigenvalue weighted by Gasteiger charge is -1.98. The zero-order chi connectivity index (χ0) is 11.4. The van der Waals surface area contributed by atoms with Crippen LogP contribution in [0, 0.1) is 0 Å². The van der Waals surface area contributed by atoms with Crippen LogP contribution in [-0.2, 0) is 9.59 Å². The lowest BCUT2D eigenvalue weighted by molar-refractivity contribution is -0.137. The summed E-state index contributed by atoms with van der Waals surface area (Å²) in [6, 6.07) is 0. The van der Waals surface area contributed by atoms with Gasteiger partial charge >= 0.3 is 5.97 Å². The molecule has 0 atom stereocenters. The van der Waals surface area contributed by atoms with Gasteiger partial charge in [0.2, 0.25) is 0 Å². The van der Waals surface area contributed by atoms with Crippen LogP contribution in [0.3, 0.4) is 0 Å². The van der Waals surface area contributed by atoms with Gasteiger partial charge in [-0.25, -0.2) is 0 Å². The van der Waals surface area contributed by atoms with Crippen LogP contribution in [0.5, 0.6) is 0 Å². The molecule has 0 aromatic carbocycles. The second-order valence-electron chi connectivity index (χ2n) is 3.62. The molecule has 0 aromatic rings. The summed E-state index contributed by atoms with van der Waals surface area (Å²) in [7, 11) is 0. The zero-order valence-corrected chi connectivity index (χ0v) is 9.15. The Hall–Kier alpha value is -1.12. The molecule has 86 valence electrons. The number of unbranched alkanes of at least 4 members (excludes halogenated alkanes) is 6. The van der Waals surface area contributed by atoms with Gasteiger partial charge in [-0.05, 0) is 25.3 Å². The minimum Gasteiger partial charge on any atom is -0.481 e. The van der Waals surface area contributed by atoms with Gasteiger partial charge < -0.3 is 5.11 Å². The Morgan fingerprint density at radius 3 is 2.20 bits per heavy atom. The van der Waals surface area contributed by atoms with Crippen LogP contribution in [0.25, 0.3) is 0 Å². The van der Waals surface area contributed by atoms with Crippen LogP contribution in [0.2, 0.25) is 0 Å². The zero-order valence-electron chi connectivity index (χ0n) is 9.15. The summed E-state index contributed by atoms with van der Waals surface area (Å²) in [6.45, 7) is 0. The highest BCUT2D eigenvalue weighted by atomic mass is 16.4. The molecule has 0 radical (unpaired) electrons. The third-order valence-corrected chi connectivity index (χ3v) is 2.23. The van der Waals surface area contributed by atoms with Gasteiger partial charge in [0, 0.05) is 6.42 Å². The quantitative estimate of drug-likeness (QED) is 0.344. The van der Waals surface area contributed by atoms with Crippen molar-refractivity contribution in [1.29, 1.82) is 0 Å². The highest BCUT2D eigenvalue weighted by molar-refractivity contribution is 5.66. The van der Waals surface area contributed by atoms with Gasteiger partial charge in [-0.2, -0.15) is 0 Å². The van der Waals surface area contributed by atoms with Crippen molar-refractivity contribution in [3.63, 3.8) is 0 Å². The number of carbonyl (C=O) groups is 2. The number of carboxylic acids is 1. The molecule has 1 N–H and O–H groups in total. The van der Waals surface area contributed by atoms with E-state index in [9.17, 15) is 9.59 Å². The van der Waals surface area contributed by atoms with Crippen molar-refractivity contribution in [1.82, 2.24) is 0 Å². The molecule has 0 saturated carbocycles. The molecule has 0 spiro atoms. The Morgan fingerprint density at radius 2 is 1.60 bits per heavy atom. The monoisotopic (exact) mass is 212 g/mol. The first-order valence-corrected chi connectivity index (χ1v) is 5.59. The summed E-state index contributed by atoms with van der Waals surface area (Å²) in [5.41, 5.74) is 0. The third-order valence-electron chi connectivity index (χ3n) is 2.23. The number of aliphatic carboxylic acids is 1. The Kier molecular flexibility index (Phi) is 10.1. The molecular weight excluding hydrogens is 192 g/mol. The molecule has 0 unspecified atom stereocenters. The van der Waals surface area contributed by atoms with Crippen LogP contribution in [0.4, 0.5) is 0 Å². The highest BCUT2D eigenvalue weighted by Crippen LogP contribution is 2.08. The molecule has 0 rings (SSSR count). The summed E-state index contributed by atoms with van der Waals surface area (Å²) in [5.74, 6) is -0.700. The fraction of sp³-hybridized carbons (Fsp3) is 0.667. The van der Waals surface area contributed by atoms with Gasteiger partial charge in [0.05, 0.1) is 0 Å². The van der Waals surface area contributed by atoms with E-state index < -0.39 is 5.97 Å². The highest BCUT2D eigenvalue weighted by Gasteiger charge is 1.95. The molecular formula is C12H20O3. The predicted octanol–water partition coefficient (Wildman–Crippen LogP) is 2.95. The minimum atomic E-state index is -0.700.